The van der Waals surface area contributed by atoms with Crippen LogP contribution < -0.4 is 16.2 Å². The van der Waals surface area contributed by atoms with Crippen LogP contribution in [0.25, 0.3) is 0 Å². The van der Waals surface area contributed by atoms with Crippen LogP contribution in [0.4, 0.5) is 0 Å². The van der Waals surface area contributed by atoms with Gasteiger partial charge in [0.15, 0.2) is 0 Å². The monoisotopic (exact) mass is 336 g/mol. The van der Waals surface area contributed by atoms with E-state index in [2.05, 4.69) is 10.2 Å². The Balaban J connectivity index is 2.17. The topological polar surface area (TPSA) is 86.0 Å². The highest BCUT2D eigenvalue weighted by atomic mass is 35.5. The van der Waals surface area contributed by atoms with Gasteiger partial charge in [0.2, 0.25) is 5.96 Å². The summed E-state index contributed by atoms with van der Waals surface area (Å²) >= 11 is 12.2. The summed E-state index contributed by atoms with van der Waals surface area (Å²) in [4.78, 5) is 0. The van der Waals surface area contributed by atoms with Gasteiger partial charge in [-0.3, -0.25) is 0 Å². The van der Waals surface area contributed by atoms with Crippen molar-refractivity contribution in [3.63, 3.8) is 0 Å². The van der Waals surface area contributed by atoms with Crippen LogP contribution in [0.5, 0.6) is 5.75 Å². The smallest absolute Gasteiger partial charge is 0.211 e. The zero-order chi connectivity index (χ0) is 15.9. The molecule has 0 radical (unpaired) electrons. The minimum absolute atomic E-state index is 0.113. The predicted octanol–water partition coefficient (Wildman–Crippen LogP) is 3.18. The first kappa shape index (κ1) is 16.1. The molecule has 5 nitrogen and oxygen atoms in total. The van der Waals surface area contributed by atoms with Crippen LogP contribution in [0.15, 0.2) is 52.7 Å². The summed E-state index contributed by atoms with van der Waals surface area (Å²) in [7, 11) is 0. The van der Waals surface area contributed by atoms with Crippen molar-refractivity contribution >= 4 is 35.4 Å². The third-order valence-corrected chi connectivity index (χ3v) is 3.43. The van der Waals surface area contributed by atoms with Gasteiger partial charge in [-0.05, 0) is 24.3 Å². The molecule has 2 rings (SSSR count). The fourth-order valence-corrected chi connectivity index (χ4v) is 2.20. The maximum Gasteiger partial charge on any atom is 0.211 e. The van der Waals surface area contributed by atoms with Gasteiger partial charge in [-0.25, -0.2) is 0 Å². The van der Waals surface area contributed by atoms with Gasteiger partial charge in [-0.2, -0.15) is 5.10 Å². The molecular formula is C15H14Cl2N4O. The van der Waals surface area contributed by atoms with Gasteiger partial charge < -0.3 is 16.2 Å². The Hall–Kier alpha value is -2.24. The third-order valence-electron chi connectivity index (χ3n) is 2.72. The van der Waals surface area contributed by atoms with Crippen molar-refractivity contribution < 1.29 is 4.74 Å². The van der Waals surface area contributed by atoms with E-state index in [1.165, 1.54) is 6.21 Å². The Morgan fingerprint density at radius 1 is 1.05 bits per heavy atom. The first-order chi connectivity index (χ1) is 10.6. The number of ether oxygens (including phenoxy) is 1. The molecule has 7 heteroatoms. The quantitative estimate of drug-likeness (QED) is 0.499. The lowest BCUT2D eigenvalue weighted by atomic mass is 10.2. The highest BCUT2D eigenvalue weighted by Crippen LogP contribution is 2.26. The average Bonchev–Trinajstić information content (AvgIpc) is 2.48. The van der Waals surface area contributed by atoms with E-state index >= 15 is 0 Å². The van der Waals surface area contributed by atoms with Crippen LogP contribution in [0, 0.1) is 0 Å². The summed E-state index contributed by atoms with van der Waals surface area (Å²) in [5.74, 6) is 0.505. The van der Waals surface area contributed by atoms with Crippen LogP contribution in [0.1, 0.15) is 11.1 Å². The first-order valence-corrected chi connectivity index (χ1v) is 7.10. The van der Waals surface area contributed by atoms with Crippen molar-refractivity contribution in [2.24, 2.45) is 21.7 Å². The molecule has 4 N–H and O–H groups in total. The molecule has 2 aromatic carbocycles. The standard InChI is InChI=1S/C15H14Cl2N4O/c16-12-5-3-6-13(17)11(12)9-22-14-7-2-1-4-10(14)8-20-21-15(18)19/h1-8H,9H2,(H4,18,19,21). The van der Waals surface area contributed by atoms with Crippen LogP contribution in [0.2, 0.25) is 10.0 Å². The van der Waals surface area contributed by atoms with E-state index in [9.17, 15) is 0 Å². The summed E-state index contributed by atoms with van der Waals surface area (Å²) in [6.45, 7) is 0.242. The number of benzene rings is 2. The van der Waals surface area contributed by atoms with Crippen LogP contribution in [0.3, 0.4) is 0 Å². The van der Waals surface area contributed by atoms with Gasteiger partial charge in [0.05, 0.1) is 6.21 Å². The molecule has 0 spiro atoms. The SMILES string of the molecule is NC(N)=NN=Cc1ccccc1OCc1c(Cl)cccc1Cl. The van der Waals surface area contributed by atoms with E-state index in [1.54, 1.807) is 18.2 Å². The van der Waals surface area contributed by atoms with E-state index < -0.39 is 0 Å². The number of halogens is 2. The third kappa shape index (κ3) is 4.38. The minimum Gasteiger partial charge on any atom is -0.488 e. The molecule has 0 atom stereocenters. The largest absolute Gasteiger partial charge is 0.488 e. The second-order valence-electron chi connectivity index (χ2n) is 4.30. The molecule has 0 heterocycles. The summed E-state index contributed by atoms with van der Waals surface area (Å²) in [5, 5.41) is 8.43. The molecule has 0 fully saturated rings. The van der Waals surface area contributed by atoms with Crippen molar-refractivity contribution in [1.29, 1.82) is 0 Å². The van der Waals surface area contributed by atoms with Gasteiger partial charge in [-0.15, -0.1) is 5.10 Å². The van der Waals surface area contributed by atoms with E-state index in [4.69, 9.17) is 39.4 Å². The Morgan fingerprint density at radius 2 is 1.73 bits per heavy atom. The average molecular weight is 337 g/mol. The number of nitrogens with two attached hydrogens (primary N) is 2. The van der Waals surface area contributed by atoms with Crippen molar-refractivity contribution in [3.8, 4) is 5.75 Å². The van der Waals surface area contributed by atoms with Gasteiger partial charge in [0.1, 0.15) is 12.4 Å². The predicted molar refractivity (Wildman–Crippen MR) is 90.6 cm³/mol. The molecule has 0 saturated heterocycles. The molecule has 0 saturated carbocycles. The second kappa shape index (κ2) is 7.68. The highest BCUT2D eigenvalue weighted by Gasteiger charge is 2.07. The van der Waals surface area contributed by atoms with Gasteiger partial charge in [0, 0.05) is 21.2 Å². The van der Waals surface area contributed by atoms with E-state index in [1.807, 2.05) is 24.3 Å². The second-order valence-corrected chi connectivity index (χ2v) is 5.11. The molecule has 22 heavy (non-hydrogen) atoms. The van der Waals surface area contributed by atoms with Gasteiger partial charge in [0.25, 0.3) is 0 Å². The Bertz CT molecular complexity index is 692. The fourth-order valence-electron chi connectivity index (χ4n) is 1.70. The lowest BCUT2D eigenvalue weighted by Crippen LogP contribution is -2.21. The normalized spacial score (nSPS) is 10.6. The molecule has 0 unspecified atom stereocenters. The van der Waals surface area contributed by atoms with Crippen molar-refractivity contribution in [2.75, 3.05) is 0 Å². The maximum absolute atomic E-state index is 6.12. The number of guanidine groups is 1. The number of nitrogens with zero attached hydrogens (tertiary/aromatic N) is 2. The maximum atomic E-state index is 6.12. The summed E-state index contributed by atoms with van der Waals surface area (Å²) in [6, 6.07) is 12.6. The lowest BCUT2D eigenvalue weighted by molar-refractivity contribution is 0.306. The van der Waals surface area contributed by atoms with Crippen molar-refractivity contribution in [1.82, 2.24) is 0 Å². The Kier molecular flexibility index (Phi) is 5.63. The Labute approximate surface area is 138 Å². The lowest BCUT2D eigenvalue weighted by Gasteiger charge is -2.11. The van der Waals surface area contributed by atoms with Crippen LogP contribution in [-0.2, 0) is 6.61 Å². The number of rotatable bonds is 5. The summed E-state index contributed by atoms with van der Waals surface area (Å²) in [6.07, 6.45) is 1.50. The molecule has 0 aliphatic heterocycles. The van der Waals surface area contributed by atoms with Crippen LogP contribution in [-0.4, -0.2) is 12.2 Å². The molecule has 0 bridgehead atoms. The van der Waals surface area contributed by atoms with E-state index in [-0.39, 0.29) is 12.6 Å². The van der Waals surface area contributed by atoms with Crippen molar-refractivity contribution in [3.05, 3.63) is 63.6 Å². The zero-order valence-corrected chi connectivity index (χ0v) is 13.1. The van der Waals surface area contributed by atoms with Gasteiger partial charge in [-0.1, -0.05) is 41.4 Å². The molecular weight excluding hydrogens is 323 g/mol. The highest BCUT2D eigenvalue weighted by molar-refractivity contribution is 6.35. The number of para-hydroxylation sites is 1. The van der Waals surface area contributed by atoms with E-state index in [0.29, 0.717) is 15.8 Å². The molecule has 0 aliphatic carbocycles. The fraction of sp³-hybridized carbons (Fsp3) is 0.0667. The molecule has 0 aliphatic rings. The summed E-state index contributed by atoms with van der Waals surface area (Å²) in [5.41, 5.74) is 11.9. The van der Waals surface area contributed by atoms with Crippen LogP contribution >= 0.6 is 23.2 Å². The number of hydrogen-bond donors (Lipinski definition) is 2. The van der Waals surface area contributed by atoms with E-state index in [0.717, 1.165) is 11.1 Å². The molecule has 2 aromatic rings. The number of hydrogen-bond acceptors (Lipinski definition) is 3. The molecule has 0 amide bonds. The van der Waals surface area contributed by atoms with Gasteiger partial charge >= 0.3 is 0 Å². The zero-order valence-electron chi connectivity index (χ0n) is 11.5. The Morgan fingerprint density at radius 3 is 2.41 bits per heavy atom. The molecule has 0 aromatic heterocycles. The molecule has 114 valence electrons. The summed E-state index contributed by atoms with van der Waals surface area (Å²) < 4.78 is 5.77. The van der Waals surface area contributed by atoms with Crippen molar-refractivity contribution in [2.45, 2.75) is 6.61 Å². The minimum atomic E-state index is -0.113. The first-order valence-electron chi connectivity index (χ1n) is 6.34.